The molecule has 1 aromatic rings. The Morgan fingerprint density at radius 2 is 2.31 bits per heavy atom. The number of rotatable bonds is 5. The Morgan fingerprint density at radius 1 is 1.56 bits per heavy atom. The Hall–Kier alpha value is -1.56. The first-order valence-electron chi connectivity index (χ1n) is 5.21. The van der Waals surface area contributed by atoms with Crippen molar-refractivity contribution in [3.05, 3.63) is 6.07 Å². The van der Waals surface area contributed by atoms with Gasteiger partial charge in [-0.15, -0.1) is 0 Å². The predicted octanol–water partition coefficient (Wildman–Crippen LogP) is 0.252. The summed E-state index contributed by atoms with van der Waals surface area (Å²) >= 11 is 0. The van der Waals surface area contributed by atoms with Gasteiger partial charge in [-0.2, -0.15) is 9.97 Å². The highest BCUT2D eigenvalue weighted by atomic mass is 16.5. The molecule has 1 heterocycles. The monoisotopic (exact) mass is 224 g/mol. The third-order valence-electron chi connectivity index (χ3n) is 2.87. The van der Waals surface area contributed by atoms with Gasteiger partial charge in [-0.05, 0) is 12.8 Å². The molecule has 1 aromatic heterocycles. The SMILES string of the molecule is COc1cc(NCC2(CO)CC2)nc(N)n1. The summed E-state index contributed by atoms with van der Waals surface area (Å²) in [6, 6.07) is 1.68. The van der Waals surface area contributed by atoms with Crippen molar-refractivity contribution >= 4 is 11.8 Å². The van der Waals surface area contributed by atoms with Crippen molar-refractivity contribution in [3.63, 3.8) is 0 Å². The van der Waals surface area contributed by atoms with Crippen LogP contribution < -0.4 is 15.8 Å². The molecule has 16 heavy (non-hydrogen) atoms. The van der Waals surface area contributed by atoms with Crippen molar-refractivity contribution in [2.24, 2.45) is 5.41 Å². The molecule has 1 saturated carbocycles. The largest absolute Gasteiger partial charge is 0.481 e. The van der Waals surface area contributed by atoms with Gasteiger partial charge >= 0.3 is 0 Å². The molecule has 0 saturated heterocycles. The molecule has 6 heteroatoms. The highest BCUT2D eigenvalue weighted by Crippen LogP contribution is 2.44. The van der Waals surface area contributed by atoms with Crippen LogP contribution in [0.1, 0.15) is 12.8 Å². The maximum atomic E-state index is 9.17. The van der Waals surface area contributed by atoms with Crippen LogP contribution in [0.5, 0.6) is 5.88 Å². The third-order valence-corrected chi connectivity index (χ3v) is 2.87. The molecule has 0 amide bonds. The zero-order chi connectivity index (χ0) is 11.6. The van der Waals surface area contributed by atoms with Gasteiger partial charge in [-0.25, -0.2) is 0 Å². The van der Waals surface area contributed by atoms with E-state index in [1.54, 1.807) is 6.07 Å². The molecule has 4 N–H and O–H groups in total. The van der Waals surface area contributed by atoms with Gasteiger partial charge in [-0.3, -0.25) is 0 Å². The molecule has 1 aliphatic carbocycles. The molecule has 0 spiro atoms. The van der Waals surface area contributed by atoms with Crippen LogP contribution in [0.2, 0.25) is 0 Å². The van der Waals surface area contributed by atoms with Crippen molar-refractivity contribution < 1.29 is 9.84 Å². The molecule has 1 fully saturated rings. The van der Waals surface area contributed by atoms with Crippen molar-refractivity contribution in [1.82, 2.24) is 9.97 Å². The van der Waals surface area contributed by atoms with E-state index in [0.29, 0.717) is 18.2 Å². The van der Waals surface area contributed by atoms with E-state index in [9.17, 15) is 0 Å². The van der Waals surface area contributed by atoms with Gasteiger partial charge in [0.25, 0.3) is 0 Å². The number of nitrogens with one attached hydrogen (secondary N) is 1. The highest BCUT2D eigenvalue weighted by Gasteiger charge is 2.41. The van der Waals surface area contributed by atoms with Crippen LogP contribution in [0, 0.1) is 5.41 Å². The second-order valence-corrected chi connectivity index (χ2v) is 4.17. The zero-order valence-electron chi connectivity index (χ0n) is 9.23. The summed E-state index contributed by atoms with van der Waals surface area (Å²) in [6.07, 6.45) is 2.10. The second kappa shape index (κ2) is 4.13. The number of nitrogen functional groups attached to an aromatic ring is 1. The normalized spacial score (nSPS) is 16.9. The summed E-state index contributed by atoms with van der Waals surface area (Å²) in [5, 5.41) is 12.3. The van der Waals surface area contributed by atoms with E-state index < -0.39 is 0 Å². The number of hydrogen-bond donors (Lipinski definition) is 3. The maximum absolute atomic E-state index is 9.17. The summed E-state index contributed by atoms with van der Waals surface area (Å²) < 4.78 is 4.99. The number of aliphatic hydroxyl groups excluding tert-OH is 1. The minimum Gasteiger partial charge on any atom is -0.481 e. The molecule has 6 nitrogen and oxygen atoms in total. The lowest BCUT2D eigenvalue weighted by Gasteiger charge is -2.13. The molecule has 2 rings (SSSR count). The zero-order valence-corrected chi connectivity index (χ0v) is 9.23. The first-order chi connectivity index (χ1) is 7.67. The van der Waals surface area contributed by atoms with Crippen molar-refractivity contribution in [1.29, 1.82) is 0 Å². The smallest absolute Gasteiger partial charge is 0.225 e. The van der Waals surface area contributed by atoms with Crippen LogP contribution in [-0.2, 0) is 0 Å². The van der Waals surface area contributed by atoms with E-state index in [1.165, 1.54) is 7.11 Å². The first kappa shape index (κ1) is 10.9. The number of aliphatic hydroxyl groups is 1. The van der Waals surface area contributed by atoms with Gasteiger partial charge in [0.05, 0.1) is 13.7 Å². The Balaban J connectivity index is 2.01. The topological polar surface area (TPSA) is 93.3 Å². The van der Waals surface area contributed by atoms with Gasteiger partial charge in [0.2, 0.25) is 11.8 Å². The molecular weight excluding hydrogens is 208 g/mol. The Bertz CT molecular complexity index is 379. The fraction of sp³-hybridized carbons (Fsp3) is 0.600. The molecule has 0 aliphatic heterocycles. The Kier molecular flexibility index (Phi) is 2.82. The fourth-order valence-electron chi connectivity index (χ4n) is 1.48. The maximum Gasteiger partial charge on any atom is 0.225 e. The molecule has 1 aliphatic rings. The Labute approximate surface area is 93.9 Å². The van der Waals surface area contributed by atoms with E-state index in [0.717, 1.165) is 12.8 Å². The minimum absolute atomic E-state index is 0.0347. The van der Waals surface area contributed by atoms with Gasteiger partial charge < -0.3 is 20.9 Å². The van der Waals surface area contributed by atoms with Crippen LogP contribution in [0.25, 0.3) is 0 Å². The number of methoxy groups -OCH3 is 1. The molecule has 0 aromatic carbocycles. The highest BCUT2D eigenvalue weighted by molar-refractivity contribution is 5.43. The van der Waals surface area contributed by atoms with Gasteiger partial charge in [-0.1, -0.05) is 0 Å². The summed E-state index contributed by atoms with van der Waals surface area (Å²) in [4.78, 5) is 7.93. The quantitative estimate of drug-likeness (QED) is 0.664. The molecule has 0 unspecified atom stereocenters. The summed E-state index contributed by atoms with van der Waals surface area (Å²) in [6.45, 7) is 0.904. The molecule has 0 bridgehead atoms. The van der Waals surface area contributed by atoms with Crippen LogP contribution in [-0.4, -0.2) is 35.3 Å². The number of aromatic nitrogens is 2. The number of nitrogens with two attached hydrogens (primary N) is 1. The van der Waals surface area contributed by atoms with Crippen LogP contribution >= 0.6 is 0 Å². The van der Waals surface area contributed by atoms with E-state index >= 15 is 0 Å². The lowest BCUT2D eigenvalue weighted by Crippen LogP contribution is -2.19. The van der Waals surface area contributed by atoms with Gasteiger partial charge in [0, 0.05) is 18.0 Å². The fourth-order valence-corrected chi connectivity index (χ4v) is 1.48. The van der Waals surface area contributed by atoms with Crippen LogP contribution in [0.3, 0.4) is 0 Å². The summed E-state index contributed by atoms with van der Waals surface area (Å²) in [5.74, 6) is 1.24. The lowest BCUT2D eigenvalue weighted by molar-refractivity contribution is 0.219. The van der Waals surface area contributed by atoms with Gasteiger partial charge in [0.15, 0.2) is 0 Å². The lowest BCUT2D eigenvalue weighted by atomic mass is 10.1. The minimum atomic E-state index is 0.0347. The summed E-state index contributed by atoms with van der Waals surface area (Å²) in [5.41, 5.74) is 5.57. The van der Waals surface area contributed by atoms with Crippen molar-refractivity contribution in [3.8, 4) is 5.88 Å². The van der Waals surface area contributed by atoms with E-state index in [1.807, 2.05) is 0 Å². The molecule has 88 valence electrons. The summed E-state index contributed by atoms with van der Waals surface area (Å²) in [7, 11) is 1.53. The average molecular weight is 224 g/mol. The molecular formula is C10H16N4O2. The second-order valence-electron chi connectivity index (χ2n) is 4.17. The van der Waals surface area contributed by atoms with Crippen molar-refractivity contribution in [2.45, 2.75) is 12.8 Å². The van der Waals surface area contributed by atoms with Crippen LogP contribution in [0.4, 0.5) is 11.8 Å². The predicted molar refractivity (Wildman–Crippen MR) is 60.2 cm³/mol. The Morgan fingerprint density at radius 3 is 2.88 bits per heavy atom. The van der Waals surface area contributed by atoms with E-state index in [4.69, 9.17) is 15.6 Å². The standard InChI is InChI=1S/C10H16N4O2/c1-16-8-4-7(13-9(11)14-8)12-5-10(6-15)2-3-10/h4,15H,2-3,5-6H2,1H3,(H3,11,12,13,14). The number of nitrogens with zero attached hydrogens (tertiary/aromatic N) is 2. The number of hydrogen-bond acceptors (Lipinski definition) is 6. The van der Waals surface area contributed by atoms with E-state index in [2.05, 4.69) is 15.3 Å². The number of anilines is 2. The average Bonchev–Trinajstić information content (AvgIpc) is 3.06. The number of ether oxygens (including phenoxy) is 1. The van der Waals surface area contributed by atoms with Gasteiger partial charge in [0.1, 0.15) is 5.82 Å². The van der Waals surface area contributed by atoms with Crippen molar-refractivity contribution in [2.75, 3.05) is 31.3 Å². The molecule has 0 atom stereocenters. The third kappa shape index (κ3) is 2.33. The van der Waals surface area contributed by atoms with Crippen LogP contribution in [0.15, 0.2) is 6.07 Å². The molecule has 0 radical (unpaired) electrons. The first-order valence-corrected chi connectivity index (χ1v) is 5.21. The van der Waals surface area contributed by atoms with E-state index in [-0.39, 0.29) is 18.0 Å².